The lowest BCUT2D eigenvalue weighted by atomic mass is 9.87. The molecule has 0 bridgehead atoms. The van der Waals surface area contributed by atoms with Crippen LogP contribution >= 0.6 is 0 Å². The first kappa shape index (κ1) is 21.2. The number of benzene rings is 1. The summed E-state index contributed by atoms with van der Waals surface area (Å²) in [6.45, 7) is 11.5. The summed E-state index contributed by atoms with van der Waals surface area (Å²) in [6, 6.07) is 5.10. The average molecular weight is 377 g/mol. The van der Waals surface area contributed by atoms with Crippen molar-refractivity contribution < 1.29 is 0 Å². The van der Waals surface area contributed by atoms with Crippen LogP contribution in [0.15, 0.2) is 47.1 Å². The van der Waals surface area contributed by atoms with Gasteiger partial charge < -0.3 is 0 Å². The maximum Gasteiger partial charge on any atom is -0.0130 e. The van der Waals surface area contributed by atoms with Gasteiger partial charge >= 0.3 is 0 Å². The lowest BCUT2D eigenvalue weighted by Crippen LogP contribution is -2.03. The number of allylic oxidation sites excluding steroid dienone is 6. The molecule has 0 heterocycles. The Kier molecular flexibility index (Phi) is 7.38. The van der Waals surface area contributed by atoms with Crippen molar-refractivity contribution in [2.45, 2.75) is 98.3 Å². The molecule has 0 aromatic heterocycles. The van der Waals surface area contributed by atoms with E-state index in [2.05, 4.69) is 65.0 Å². The molecular formula is C28H40. The van der Waals surface area contributed by atoms with Gasteiger partial charge in [-0.3, -0.25) is 0 Å². The number of hydrogen-bond donors (Lipinski definition) is 0. The fourth-order valence-electron chi connectivity index (χ4n) is 5.53. The highest BCUT2D eigenvalue weighted by Crippen LogP contribution is 2.42. The quantitative estimate of drug-likeness (QED) is 0.449. The molecule has 3 rings (SSSR count). The standard InChI is InChI=1S/C28H40/c1-6-23-12-10-11-21(15-20(23)5)16-22-13-14-26(17-22)27-18-24(7-2)28(9-4)25(8-3)19-27/h10-11,15,18-19,22,26H,6-9,12-14,16-17H2,1-5H3/t22-,26+/m1/s1. The van der Waals surface area contributed by atoms with E-state index in [1.54, 1.807) is 33.4 Å². The summed E-state index contributed by atoms with van der Waals surface area (Å²) in [4.78, 5) is 0. The highest BCUT2D eigenvalue weighted by molar-refractivity contribution is 5.41. The highest BCUT2D eigenvalue weighted by atomic mass is 14.3. The van der Waals surface area contributed by atoms with Crippen LogP contribution in [0.2, 0.25) is 0 Å². The third-order valence-electron chi connectivity index (χ3n) is 7.19. The minimum Gasteiger partial charge on any atom is -0.0802 e. The topological polar surface area (TPSA) is 0 Å². The second kappa shape index (κ2) is 9.77. The van der Waals surface area contributed by atoms with E-state index in [4.69, 9.17) is 0 Å². The summed E-state index contributed by atoms with van der Waals surface area (Å²) in [5, 5.41) is 0. The molecule has 1 fully saturated rings. The molecule has 2 atom stereocenters. The van der Waals surface area contributed by atoms with E-state index in [9.17, 15) is 0 Å². The second-order valence-electron chi connectivity index (χ2n) is 8.92. The molecule has 1 aromatic carbocycles. The molecule has 0 radical (unpaired) electrons. The summed E-state index contributed by atoms with van der Waals surface area (Å²) in [5.41, 5.74) is 11.1. The van der Waals surface area contributed by atoms with Gasteiger partial charge in [0.15, 0.2) is 0 Å². The molecule has 152 valence electrons. The van der Waals surface area contributed by atoms with Crippen molar-refractivity contribution >= 4 is 0 Å². The fraction of sp³-hybridized carbons (Fsp3) is 0.571. The van der Waals surface area contributed by atoms with E-state index in [1.807, 2.05) is 0 Å². The molecule has 0 unspecified atom stereocenters. The third-order valence-corrected chi connectivity index (χ3v) is 7.19. The zero-order valence-electron chi connectivity index (χ0n) is 18.9. The summed E-state index contributed by atoms with van der Waals surface area (Å²) in [5.74, 6) is 1.61. The predicted molar refractivity (Wildman–Crippen MR) is 124 cm³/mol. The van der Waals surface area contributed by atoms with Gasteiger partial charge in [-0.15, -0.1) is 0 Å². The maximum atomic E-state index is 2.55. The van der Waals surface area contributed by atoms with Crippen LogP contribution in [0.25, 0.3) is 0 Å². The third kappa shape index (κ3) is 4.70. The van der Waals surface area contributed by atoms with Crippen molar-refractivity contribution in [1.82, 2.24) is 0 Å². The van der Waals surface area contributed by atoms with E-state index >= 15 is 0 Å². The number of aryl methyl sites for hydroxylation is 2. The monoisotopic (exact) mass is 376 g/mol. The van der Waals surface area contributed by atoms with Crippen LogP contribution in [0, 0.1) is 5.92 Å². The zero-order valence-corrected chi connectivity index (χ0v) is 18.9. The van der Waals surface area contributed by atoms with E-state index < -0.39 is 0 Å². The summed E-state index contributed by atoms with van der Waals surface area (Å²) in [6.07, 6.45) is 18.5. The molecule has 0 aliphatic heterocycles. The SMILES string of the molecule is CCC1=C(C)C=C(C[C@H]2CC[C@H](c3cc(CC)c(CC)c(CC)c3)C2)C=CC1. The molecule has 1 saturated carbocycles. The lowest BCUT2D eigenvalue weighted by Gasteiger charge is -2.18. The van der Waals surface area contributed by atoms with Gasteiger partial charge in [-0.05, 0) is 104 Å². The lowest BCUT2D eigenvalue weighted by molar-refractivity contribution is 0.538. The van der Waals surface area contributed by atoms with Gasteiger partial charge in [0.05, 0.1) is 0 Å². The maximum absolute atomic E-state index is 2.55. The molecule has 2 aliphatic carbocycles. The molecule has 28 heavy (non-hydrogen) atoms. The van der Waals surface area contributed by atoms with E-state index in [-0.39, 0.29) is 0 Å². The van der Waals surface area contributed by atoms with Gasteiger partial charge in [0.1, 0.15) is 0 Å². The van der Waals surface area contributed by atoms with Crippen molar-refractivity contribution in [3.05, 3.63) is 69.3 Å². The average Bonchev–Trinajstić information content (AvgIpc) is 3.10. The first-order valence-electron chi connectivity index (χ1n) is 11.8. The van der Waals surface area contributed by atoms with Gasteiger partial charge in [0, 0.05) is 0 Å². The molecule has 0 amide bonds. The molecule has 0 saturated heterocycles. The molecule has 1 aromatic rings. The Bertz CT molecular complexity index is 746. The van der Waals surface area contributed by atoms with Crippen LogP contribution in [0.5, 0.6) is 0 Å². The largest absolute Gasteiger partial charge is 0.0802 e. The van der Waals surface area contributed by atoms with Crippen LogP contribution < -0.4 is 0 Å². The van der Waals surface area contributed by atoms with E-state index in [1.165, 1.54) is 56.9 Å². The van der Waals surface area contributed by atoms with Crippen LogP contribution in [0.3, 0.4) is 0 Å². The van der Waals surface area contributed by atoms with Crippen molar-refractivity contribution in [2.24, 2.45) is 5.92 Å². The van der Waals surface area contributed by atoms with Gasteiger partial charge in [-0.2, -0.15) is 0 Å². The zero-order chi connectivity index (χ0) is 20.1. The van der Waals surface area contributed by atoms with Gasteiger partial charge in [-0.25, -0.2) is 0 Å². The van der Waals surface area contributed by atoms with Crippen molar-refractivity contribution in [2.75, 3.05) is 0 Å². The van der Waals surface area contributed by atoms with E-state index in [0.29, 0.717) is 0 Å². The summed E-state index contributed by atoms with van der Waals surface area (Å²) >= 11 is 0. The van der Waals surface area contributed by atoms with Crippen molar-refractivity contribution in [3.8, 4) is 0 Å². The Morgan fingerprint density at radius 3 is 2.21 bits per heavy atom. The Morgan fingerprint density at radius 2 is 1.61 bits per heavy atom. The van der Waals surface area contributed by atoms with Gasteiger partial charge in [0.2, 0.25) is 0 Å². The summed E-state index contributed by atoms with van der Waals surface area (Å²) in [7, 11) is 0. The van der Waals surface area contributed by atoms with Crippen molar-refractivity contribution in [1.29, 1.82) is 0 Å². The van der Waals surface area contributed by atoms with Crippen LogP contribution in [0.1, 0.15) is 101 Å². The van der Waals surface area contributed by atoms with Gasteiger partial charge in [0.25, 0.3) is 0 Å². The molecule has 0 N–H and O–H groups in total. The number of rotatable bonds is 7. The smallest absolute Gasteiger partial charge is 0.0130 e. The van der Waals surface area contributed by atoms with Crippen molar-refractivity contribution in [3.63, 3.8) is 0 Å². The molecule has 0 spiro atoms. The normalized spacial score (nSPS) is 22.5. The van der Waals surface area contributed by atoms with Crippen LogP contribution in [-0.2, 0) is 19.3 Å². The first-order chi connectivity index (χ1) is 13.6. The summed E-state index contributed by atoms with van der Waals surface area (Å²) < 4.78 is 0. The fourth-order valence-corrected chi connectivity index (χ4v) is 5.53. The minimum absolute atomic E-state index is 0.768. The minimum atomic E-state index is 0.768. The van der Waals surface area contributed by atoms with Crippen LogP contribution in [0.4, 0.5) is 0 Å². The Hall–Kier alpha value is -1.56. The second-order valence-corrected chi connectivity index (χ2v) is 8.92. The Labute approximate surface area is 173 Å². The Balaban J connectivity index is 1.73. The predicted octanol–water partition coefficient (Wildman–Crippen LogP) is 8.26. The molecule has 0 nitrogen and oxygen atoms in total. The molecular weight excluding hydrogens is 336 g/mol. The van der Waals surface area contributed by atoms with E-state index in [0.717, 1.165) is 18.3 Å². The highest BCUT2D eigenvalue weighted by Gasteiger charge is 2.27. The first-order valence-corrected chi connectivity index (χ1v) is 11.8. The van der Waals surface area contributed by atoms with Crippen LogP contribution in [-0.4, -0.2) is 0 Å². The Morgan fingerprint density at radius 1 is 0.893 bits per heavy atom. The molecule has 0 heteroatoms. The van der Waals surface area contributed by atoms with Gasteiger partial charge in [-0.1, -0.05) is 69.2 Å². The molecule has 2 aliphatic rings. The number of hydrogen-bond acceptors (Lipinski definition) is 0.